The highest BCUT2D eigenvalue weighted by Crippen LogP contribution is 2.50. The van der Waals surface area contributed by atoms with Crippen molar-refractivity contribution in [2.75, 3.05) is 0 Å². The largest absolute Gasteiger partial charge is 0.508 e. The SMILES string of the molecule is Oc1cc(O)c2c(c1)OC(c1ccc(O)c(O)c1)C(O)C2c1ccco1. The van der Waals surface area contributed by atoms with Gasteiger partial charge in [-0.25, -0.2) is 0 Å². The minimum atomic E-state index is -1.16. The van der Waals surface area contributed by atoms with Crippen molar-refractivity contribution in [2.24, 2.45) is 0 Å². The van der Waals surface area contributed by atoms with Crippen LogP contribution in [-0.4, -0.2) is 31.6 Å². The number of hydrogen-bond acceptors (Lipinski definition) is 7. The molecule has 7 heteroatoms. The number of phenolic OH excluding ortho intramolecular Hbond substituents is 4. The third-order valence-electron chi connectivity index (χ3n) is 4.50. The molecule has 2 heterocycles. The van der Waals surface area contributed by atoms with Gasteiger partial charge in [0.05, 0.1) is 12.2 Å². The highest BCUT2D eigenvalue weighted by atomic mass is 16.5. The van der Waals surface area contributed by atoms with Crippen molar-refractivity contribution < 1.29 is 34.7 Å². The average molecular weight is 356 g/mol. The van der Waals surface area contributed by atoms with Crippen LogP contribution in [0.25, 0.3) is 0 Å². The van der Waals surface area contributed by atoms with Crippen molar-refractivity contribution in [3.05, 3.63) is 65.6 Å². The number of ether oxygens (including phenoxy) is 1. The molecule has 26 heavy (non-hydrogen) atoms. The first-order valence-corrected chi connectivity index (χ1v) is 7.91. The lowest BCUT2D eigenvalue weighted by atomic mass is 9.82. The Morgan fingerprint density at radius 1 is 0.846 bits per heavy atom. The molecule has 4 rings (SSSR count). The third kappa shape index (κ3) is 2.49. The Morgan fingerprint density at radius 3 is 2.35 bits per heavy atom. The summed E-state index contributed by atoms with van der Waals surface area (Å²) in [5, 5.41) is 50.3. The van der Waals surface area contributed by atoms with Gasteiger partial charge in [-0.15, -0.1) is 0 Å². The molecule has 1 aromatic heterocycles. The molecule has 1 aliphatic rings. The van der Waals surface area contributed by atoms with Gasteiger partial charge in [0.15, 0.2) is 17.6 Å². The molecule has 0 saturated carbocycles. The fourth-order valence-electron chi connectivity index (χ4n) is 3.32. The Balaban J connectivity index is 1.88. The molecular weight excluding hydrogens is 340 g/mol. The molecule has 2 aromatic carbocycles. The van der Waals surface area contributed by atoms with Crippen molar-refractivity contribution in [2.45, 2.75) is 18.1 Å². The van der Waals surface area contributed by atoms with E-state index in [4.69, 9.17) is 9.15 Å². The van der Waals surface area contributed by atoms with Gasteiger partial charge < -0.3 is 34.7 Å². The van der Waals surface area contributed by atoms with E-state index < -0.39 is 18.1 Å². The van der Waals surface area contributed by atoms with E-state index in [0.29, 0.717) is 16.9 Å². The molecule has 3 aromatic rings. The van der Waals surface area contributed by atoms with Crippen LogP contribution in [0.2, 0.25) is 0 Å². The first-order valence-electron chi connectivity index (χ1n) is 7.91. The van der Waals surface area contributed by atoms with Crippen LogP contribution >= 0.6 is 0 Å². The second-order valence-electron chi connectivity index (χ2n) is 6.15. The lowest BCUT2D eigenvalue weighted by Gasteiger charge is -2.36. The zero-order chi connectivity index (χ0) is 18.4. The van der Waals surface area contributed by atoms with Crippen molar-refractivity contribution in [1.29, 1.82) is 0 Å². The van der Waals surface area contributed by atoms with Gasteiger partial charge in [0.25, 0.3) is 0 Å². The maximum absolute atomic E-state index is 11.0. The van der Waals surface area contributed by atoms with E-state index in [2.05, 4.69) is 0 Å². The molecule has 5 N–H and O–H groups in total. The number of rotatable bonds is 2. The second-order valence-corrected chi connectivity index (χ2v) is 6.15. The second kappa shape index (κ2) is 5.89. The number of hydrogen-bond donors (Lipinski definition) is 5. The molecule has 0 saturated heterocycles. The molecule has 0 spiro atoms. The lowest BCUT2D eigenvalue weighted by Crippen LogP contribution is -2.35. The molecule has 0 aliphatic carbocycles. The molecule has 0 radical (unpaired) electrons. The summed E-state index contributed by atoms with van der Waals surface area (Å²) in [6, 6.07) is 9.92. The Labute approximate surface area is 148 Å². The highest BCUT2D eigenvalue weighted by Gasteiger charge is 2.42. The van der Waals surface area contributed by atoms with E-state index in [1.807, 2.05) is 0 Å². The van der Waals surface area contributed by atoms with Crippen molar-refractivity contribution in [3.63, 3.8) is 0 Å². The molecule has 0 amide bonds. The number of furan rings is 1. The van der Waals surface area contributed by atoms with E-state index in [1.165, 1.54) is 30.5 Å². The Hall–Kier alpha value is -3.32. The summed E-state index contributed by atoms with van der Waals surface area (Å²) in [7, 11) is 0. The van der Waals surface area contributed by atoms with E-state index in [-0.39, 0.29) is 28.7 Å². The van der Waals surface area contributed by atoms with Gasteiger partial charge in [-0.1, -0.05) is 6.07 Å². The summed E-state index contributed by atoms with van der Waals surface area (Å²) >= 11 is 0. The summed E-state index contributed by atoms with van der Waals surface area (Å²) in [6.45, 7) is 0. The maximum Gasteiger partial charge on any atom is 0.157 e. The average Bonchev–Trinajstić information content (AvgIpc) is 3.11. The van der Waals surface area contributed by atoms with Crippen LogP contribution in [0, 0.1) is 0 Å². The first-order chi connectivity index (χ1) is 12.5. The molecule has 3 unspecified atom stereocenters. The Morgan fingerprint density at radius 2 is 1.65 bits per heavy atom. The Bertz CT molecular complexity index is 949. The fraction of sp³-hybridized carbons (Fsp3) is 0.158. The zero-order valence-corrected chi connectivity index (χ0v) is 13.4. The monoisotopic (exact) mass is 356 g/mol. The number of aliphatic hydroxyl groups excluding tert-OH is 1. The van der Waals surface area contributed by atoms with Gasteiger partial charge in [-0.05, 0) is 29.8 Å². The van der Waals surface area contributed by atoms with Crippen LogP contribution in [0.1, 0.15) is 28.9 Å². The minimum Gasteiger partial charge on any atom is -0.508 e. The quantitative estimate of drug-likeness (QED) is 0.447. The van der Waals surface area contributed by atoms with E-state index in [1.54, 1.807) is 12.1 Å². The molecule has 3 atom stereocenters. The van der Waals surface area contributed by atoms with E-state index in [0.717, 1.165) is 6.07 Å². The smallest absolute Gasteiger partial charge is 0.157 e. The number of fused-ring (bicyclic) bond motifs is 1. The summed E-state index contributed by atoms with van der Waals surface area (Å²) in [4.78, 5) is 0. The van der Waals surface area contributed by atoms with Gasteiger partial charge in [-0.3, -0.25) is 0 Å². The van der Waals surface area contributed by atoms with Gasteiger partial charge >= 0.3 is 0 Å². The zero-order valence-electron chi connectivity index (χ0n) is 13.4. The van der Waals surface area contributed by atoms with Gasteiger partial charge in [0.1, 0.15) is 29.1 Å². The van der Waals surface area contributed by atoms with Crippen LogP contribution in [0.15, 0.2) is 53.1 Å². The molecule has 0 bridgehead atoms. The van der Waals surface area contributed by atoms with Gasteiger partial charge in [-0.2, -0.15) is 0 Å². The van der Waals surface area contributed by atoms with Crippen LogP contribution < -0.4 is 4.74 Å². The summed E-state index contributed by atoms with van der Waals surface area (Å²) in [6.07, 6.45) is -0.630. The van der Waals surface area contributed by atoms with Crippen molar-refractivity contribution in [1.82, 2.24) is 0 Å². The predicted octanol–water partition coefficient (Wildman–Crippen LogP) is 2.73. The lowest BCUT2D eigenvalue weighted by molar-refractivity contribution is 0.00315. The first kappa shape index (κ1) is 16.2. The van der Waals surface area contributed by atoms with Crippen molar-refractivity contribution >= 4 is 0 Å². The molecule has 1 aliphatic heterocycles. The number of aromatic hydroxyl groups is 4. The molecule has 7 nitrogen and oxygen atoms in total. The van der Waals surface area contributed by atoms with Gasteiger partial charge in [0, 0.05) is 17.7 Å². The maximum atomic E-state index is 11.0. The standard InChI is InChI=1S/C19H16O7/c20-10-7-13(23)16-15(8-10)26-19(9-3-4-11(21)12(22)6-9)18(24)17(16)14-2-1-5-25-14/h1-8,17-24H. The summed E-state index contributed by atoms with van der Waals surface area (Å²) in [5.74, 6) is -1.22. The summed E-state index contributed by atoms with van der Waals surface area (Å²) in [5.41, 5.74) is 0.710. The number of benzene rings is 2. The number of phenols is 4. The fourth-order valence-corrected chi connectivity index (χ4v) is 3.32. The molecular formula is C19H16O7. The highest BCUT2D eigenvalue weighted by molar-refractivity contribution is 5.56. The van der Waals surface area contributed by atoms with Crippen LogP contribution in [0.5, 0.6) is 28.7 Å². The molecule has 0 fully saturated rings. The van der Waals surface area contributed by atoms with Crippen LogP contribution in [0.4, 0.5) is 0 Å². The van der Waals surface area contributed by atoms with E-state index >= 15 is 0 Å². The van der Waals surface area contributed by atoms with E-state index in [9.17, 15) is 25.5 Å². The minimum absolute atomic E-state index is 0.187. The van der Waals surface area contributed by atoms with Crippen LogP contribution in [-0.2, 0) is 0 Å². The normalized spacial score (nSPS) is 21.8. The van der Waals surface area contributed by atoms with Crippen LogP contribution in [0.3, 0.4) is 0 Å². The molecule has 134 valence electrons. The third-order valence-corrected chi connectivity index (χ3v) is 4.50. The Kier molecular flexibility index (Phi) is 3.66. The van der Waals surface area contributed by atoms with Crippen molar-refractivity contribution in [3.8, 4) is 28.7 Å². The van der Waals surface area contributed by atoms with Gasteiger partial charge in [0.2, 0.25) is 0 Å². The summed E-state index contributed by atoms with van der Waals surface area (Å²) < 4.78 is 11.2. The number of aliphatic hydroxyl groups is 1. The predicted molar refractivity (Wildman–Crippen MR) is 89.5 cm³/mol. The topological polar surface area (TPSA) is 124 Å².